The monoisotopic (exact) mass is 473 g/mol. The summed E-state index contributed by atoms with van der Waals surface area (Å²) in [6.45, 7) is 9.79. The van der Waals surface area contributed by atoms with Gasteiger partial charge in [-0.25, -0.2) is 0 Å². The van der Waals surface area contributed by atoms with Gasteiger partial charge in [0.15, 0.2) is 0 Å². The largest absolute Gasteiger partial charge is 0.301 e. The molecule has 3 aromatic rings. The Hall–Kier alpha value is -2.57. The van der Waals surface area contributed by atoms with Crippen molar-refractivity contribution in [1.82, 2.24) is 24.6 Å². The highest BCUT2D eigenvalue weighted by Gasteiger charge is 2.26. The van der Waals surface area contributed by atoms with Crippen molar-refractivity contribution in [2.75, 3.05) is 26.2 Å². The number of rotatable bonds is 7. The second kappa shape index (κ2) is 10.6. The van der Waals surface area contributed by atoms with Crippen LogP contribution in [0.4, 0.5) is 0 Å². The summed E-state index contributed by atoms with van der Waals surface area (Å²) in [7, 11) is 2.04. The van der Waals surface area contributed by atoms with Crippen molar-refractivity contribution < 1.29 is 4.79 Å². The van der Waals surface area contributed by atoms with Gasteiger partial charge in [-0.2, -0.15) is 5.10 Å². The summed E-state index contributed by atoms with van der Waals surface area (Å²) in [6.07, 6.45) is 10.2. The third-order valence-corrected chi connectivity index (χ3v) is 8.04. The molecule has 5 rings (SSSR count). The molecular formula is C29H39N5O. The first kappa shape index (κ1) is 24.1. The van der Waals surface area contributed by atoms with Crippen molar-refractivity contribution in [2.45, 2.75) is 65.0 Å². The molecule has 0 N–H and O–H groups in total. The Morgan fingerprint density at radius 3 is 2.51 bits per heavy atom. The van der Waals surface area contributed by atoms with Gasteiger partial charge < -0.3 is 4.90 Å². The quantitative estimate of drug-likeness (QED) is 0.491. The fraction of sp³-hybridized carbons (Fsp3) is 0.552. The number of hydrogen-bond donors (Lipinski definition) is 0. The number of pyridine rings is 1. The molecule has 0 unspecified atom stereocenters. The van der Waals surface area contributed by atoms with E-state index in [2.05, 4.69) is 58.0 Å². The third kappa shape index (κ3) is 5.49. The summed E-state index contributed by atoms with van der Waals surface area (Å²) in [4.78, 5) is 22.7. The molecule has 4 heterocycles. The number of benzene rings is 1. The fourth-order valence-corrected chi connectivity index (χ4v) is 5.73. The van der Waals surface area contributed by atoms with Crippen LogP contribution in [-0.4, -0.2) is 62.6 Å². The molecule has 2 fully saturated rings. The molecule has 0 atom stereocenters. The van der Waals surface area contributed by atoms with Crippen LogP contribution in [0.25, 0.3) is 21.9 Å². The highest BCUT2D eigenvalue weighted by atomic mass is 16.1. The van der Waals surface area contributed by atoms with Crippen LogP contribution in [0.3, 0.4) is 0 Å². The van der Waals surface area contributed by atoms with Crippen LogP contribution < -0.4 is 0 Å². The maximum absolute atomic E-state index is 13.0. The lowest BCUT2D eigenvalue weighted by molar-refractivity contribution is -0.123. The number of likely N-dealkylation sites (tertiary alicyclic amines) is 2. The van der Waals surface area contributed by atoms with E-state index in [1.165, 1.54) is 49.2 Å². The molecule has 0 bridgehead atoms. The number of ketones is 1. The average Bonchev–Trinajstić information content (AvgIpc) is 3.24. The Morgan fingerprint density at radius 2 is 1.77 bits per heavy atom. The van der Waals surface area contributed by atoms with E-state index in [1.54, 1.807) is 0 Å². The van der Waals surface area contributed by atoms with Crippen LogP contribution in [0.1, 0.15) is 57.3 Å². The van der Waals surface area contributed by atoms with Gasteiger partial charge >= 0.3 is 0 Å². The zero-order chi connectivity index (χ0) is 24.4. The van der Waals surface area contributed by atoms with E-state index in [-0.39, 0.29) is 5.92 Å². The fourth-order valence-electron chi connectivity index (χ4n) is 5.73. The number of carbonyl (C=O) groups is 1. The Kier molecular flexibility index (Phi) is 7.30. The number of aromatic nitrogens is 3. The van der Waals surface area contributed by atoms with Gasteiger partial charge in [0.25, 0.3) is 0 Å². The number of Topliss-reactive ketones (excluding diaryl/α,β-unsaturated/α-hetero) is 1. The molecule has 2 aliphatic rings. The summed E-state index contributed by atoms with van der Waals surface area (Å²) in [5.74, 6) is 0.508. The van der Waals surface area contributed by atoms with Crippen molar-refractivity contribution in [3.8, 4) is 11.1 Å². The van der Waals surface area contributed by atoms with Crippen LogP contribution in [0.2, 0.25) is 0 Å². The topological polar surface area (TPSA) is 54.3 Å². The molecule has 0 amide bonds. The van der Waals surface area contributed by atoms with Gasteiger partial charge in [0.2, 0.25) is 0 Å². The summed E-state index contributed by atoms with van der Waals surface area (Å²) in [5, 5.41) is 6.84. The molecule has 2 aliphatic heterocycles. The van der Waals surface area contributed by atoms with Crippen LogP contribution in [0, 0.1) is 5.92 Å². The van der Waals surface area contributed by atoms with Gasteiger partial charge in [-0.3, -0.25) is 19.4 Å². The molecular weight excluding hydrogens is 434 g/mol. The maximum atomic E-state index is 13.0. The van der Waals surface area contributed by atoms with Crippen LogP contribution in [0.15, 0.2) is 36.7 Å². The Morgan fingerprint density at radius 1 is 1.00 bits per heavy atom. The first-order valence-electron chi connectivity index (χ1n) is 13.4. The molecule has 6 nitrogen and oxygen atoms in total. The number of nitrogens with zero attached hydrogens (tertiary/aromatic N) is 5. The Bertz CT molecular complexity index is 1170. The van der Waals surface area contributed by atoms with Crippen molar-refractivity contribution >= 4 is 16.6 Å². The van der Waals surface area contributed by atoms with Crippen molar-refractivity contribution in [1.29, 1.82) is 0 Å². The van der Waals surface area contributed by atoms with Crippen molar-refractivity contribution in [2.24, 2.45) is 13.0 Å². The SMILES string of the molecule is CC(C)N1CCC(C(=O)Cc2cc3cc(-c4cnn(C)c4CN4CCCCC4)ccc3cn2)CC1. The van der Waals surface area contributed by atoms with Crippen molar-refractivity contribution in [3.63, 3.8) is 0 Å². The molecule has 1 aromatic carbocycles. The standard InChI is InChI=1S/C29H39N5O/c1-21(2)34-13-9-22(10-14-34)29(35)17-26-16-25-15-23(7-8-24(25)18-30-26)27-19-31-32(3)28(27)20-33-11-5-4-6-12-33/h7-8,15-16,18-19,21-22H,4-6,9-14,17,20H2,1-3H3. The highest BCUT2D eigenvalue weighted by molar-refractivity contribution is 5.89. The van der Waals surface area contributed by atoms with E-state index in [1.807, 2.05) is 24.1 Å². The second-order valence-electron chi connectivity index (χ2n) is 10.8. The summed E-state index contributed by atoms with van der Waals surface area (Å²) < 4.78 is 2.02. The minimum Gasteiger partial charge on any atom is -0.301 e. The van der Waals surface area contributed by atoms with Gasteiger partial charge in [0, 0.05) is 54.8 Å². The van der Waals surface area contributed by atoms with Crippen LogP contribution in [-0.2, 0) is 24.8 Å². The predicted octanol–water partition coefficient (Wildman–Crippen LogP) is 4.85. The number of fused-ring (bicyclic) bond motifs is 1. The lowest BCUT2D eigenvalue weighted by Crippen LogP contribution is -2.40. The third-order valence-electron chi connectivity index (χ3n) is 8.04. The smallest absolute Gasteiger partial charge is 0.142 e. The van der Waals surface area contributed by atoms with E-state index in [9.17, 15) is 4.79 Å². The molecule has 35 heavy (non-hydrogen) atoms. The normalized spacial score (nSPS) is 18.5. The lowest BCUT2D eigenvalue weighted by Gasteiger charge is -2.33. The summed E-state index contributed by atoms with van der Waals surface area (Å²) >= 11 is 0. The van der Waals surface area contributed by atoms with Gasteiger partial charge in [-0.1, -0.05) is 18.6 Å². The minimum atomic E-state index is 0.168. The van der Waals surface area contributed by atoms with Crippen molar-refractivity contribution in [3.05, 3.63) is 48.0 Å². The van der Waals surface area contributed by atoms with Crippen LogP contribution >= 0.6 is 0 Å². The molecule has 0 spiro atoms. The summed E-state index contributed by atoms with van der Waals surface area (Å²) in [5.41, 5.74) is 4.53. The molecule has 0 saturated carbocycles. The molecule has 2 saturated heterocycles. The number of piperidine rings is 2. The zero-order valence-electron chi connectivity index (χ0n) is 21.5. The number of carbonyl (C=O) groups excluding carboxylic acids is 1. The lowest BCUT2D eigenvalue weighted by atomic mass is 9.89. The van der Waals surface area contributed by atoms with E-state index in [0.717, 1.165) is 48.9 Å². The highest BCUT2D eigenvalue weighted by Crippen LogP contribution is 2.29. The van der Waals surface area contributed by atoms with E-state index >= 15 is 0 Å². The molecule has 6 heteroatoms. The second-order valence-corrected chi connectivity index (χ2v) is 10.8. The average molecular weight is 474 g/mol. The first-order chi connectivity index (χ1) is 17.0. The van der Waals surface area contributed by atoms with Gasteiger partial charge in [-0.15, -0.1) is 0 Å². The molecule has 0 aliphatic carbocycles. The Labute approximate surface area is 209 Å². The van der Waals surface area contributed by atoms with E-state index in [0.29, 0.717) is 18.2 Å². The van der Waals surface area contributed by atoms with Gasteiger partial charge in [-0.05, 0) is 88.8 Å². The van der Waals surface area contributed by atoms with Gasteiger partial charge in [0.1, 0.15) is 5.78 Å². The van der Waals surface area contributed by atoms with E-state index in [4.69, 9.17) is 0 Å². The molecule has 0 radical (unpaired) electrons. The Balaban J connectivity index is 1.32. The molecule has 2 aromatic heterocycles. The maximum Gasteiger partial charge on any atom is 0.142 e. The number of aryl methyl sites for hydroxylation is 1. The number of hydrogen-bond acceptors (Lipinski definition) is 5. The zero-order valence-corrected chi connectivity index (χ0v) is 21.5. The molecule has 186 valence electrons. The van der Waals surface area contributed by atoms with Crippen LogP contribution in [0.5, 0.6) is 0 Å². The summed E-state index contributed by atoms with van der Waals surface area (Å²) in [6, 6.07) is 9.22. The first-order valence-corrected chi connectivity index (χ1v) is 13.4. The van der Waals surface area contributed by atoms with Gasteiger partial charge in [0.05, 0.1) is 11.9 Å². The van der Waals surface area contributed by atoms with E-state index < -0.39 is 0 Å². The predicted molar refractivity (Wildman–Crippen MR) is 141 cm³/mol. The minimum absolute atomic E-state index is 0.168.